The van der Waals surface area contributed by atoms with Gasteiger partial charge < -0.3 is 4.90 Å². The van der Waals surface area contributed by atoms with Crippen molar-refractivity contribution in [1.29, 1.82) is 0 Å². The van der Waals surface area contributed by atoms with Crippen LogP contribution in [-0.4, -0.2) is 29.9 Å². The van der Waals surface area contributed by atoms with Crippen LogP contribution in [0.3, 0.4) is 0 Å². The van der Waals surface area contributed by atoms with Crippen LogP contribution in [0.25, 0.3) is 10.4 Å². The molecule has 1 amide bonds. The predicted molar refractivity (Wildman–Crippen MR) is 44.4 cm³/mol. The average Bonchev–Trinajstić information content (AvgIpc) is 2.09. The van der Waals surface area contributed by atoms with E-state index < -0.39 is 6.04 Å². The van der Waals surface area contributed by atoms with Crippen LogP contribution in [0, 0.1) is 0 Å². The van der Waals surface area contributed by atoms with Gasteiger partial charge in [0.05, 0.1) is 0 Å². The van der Waals surface area contributed by atoms with E-state index in [0.717, 1.165) is 13.0 Å². The minimum absolute atomic E-state index is 0.0263. The van der Waals surface area contributed by atoms with E-state index in [9.17, 15) is 4.79 Å². The Balaban J connectivity index is 2.65. The Morgan fingerprint density at radius 3 is 3.17 bits per heavy atom. The summed E-state index contributed by atoms with van der Waals surface area (Å²) in [6.07, 6.45) is 1.63. The standard InChI is InChI=1S/C7H12N4O/c1-2-11-5-3-4-6(7(11)12)9-10-8/h6H,2-5H2,1H3. The van der Waals surface area contributed by atoms with E-state index in [2.05, 4.69) is 10.0 Å². The number of carbonyl (C=O) groups excluding carboxylic acids is 1. The molecule has 0 aromatic heterocycles. The number of hydrogen-bond acceptors (Lipinski definition) is 2. The van der Waals surface area contributed by atoms with Gasteiger partial charge in [0.15, 0.2) is 0 Å². The fourth-order valence-corrected chi connectivity index (χ4v) is 1.40. The van der Waals surface area contributed by atoms with Gasteiger partial charge in [-0.1, -0.05) is 5.11 Å². The number of piperidine rings is 1. The van der Waals surface area contributed by atoms with Crippen LogP contribution in [0.4, 0.5) is 0 Å². The van der Waals surface area contributed by atoms with Crippen molar-refractivity contribution in [2.45, 2.75) is 25.8 Å². The van der Waals surface area contributed by atoms with Gasteiger partial charge in [0.1, 0.15) is 6.04 Å². The predicted octanol–water partition coefficient (Wildman–Crippen LogP) is 1.31. The second-order valence-electron chi connectivity index (χ2n) is 2.78. The van der Waals surface area contributed by atoms with Gasteiger partial charge in [-0.3, -0.25) is 4.79 Å². The molecular weight excluding hydrogens is 156 g/mol. The smallest absolute Gasteiger partial charge is 0.231 e. The molecule has 1 unspecified atom stereocenters. The summed E-state index contributed by atoms with van der Waals surface area (Å²) in [4.78, 5) is 15.8. The maximum Gasteiger partial charge on any atom is 0.231 e. The summed E-state index contributed by atoms with van der Waals surface area (Å²) >= 11 is 0. The Labute approximate surface area is 71.0 Å². The molecule has 5 nitrogen and oxygen atoms in total. The van der Waals surface area contributed by atoms with E-state index in [1.165, 1.54) is 0 Å². The number of carbonyl (C=O) groups is 1. The molecule has 0 saturated carbocycles. The molecule has 5 heteroatoms. The fraction of sp³-hybridized carbons (Fsp3) is 0.857. The fourth-order valence-electron chi connectivity index (χ4n) is 1.40. The first-order chi connectivity index (χ1) is 5.79. The van der Waals surface area contributed by atoms with Crippen molar-refractivity contribution < 1.29 is 4.79 Å². The number of nitrogens with zero attached hydrogens (tertiary/aromatic N) is 4. The lowest BCUT2D eigenvalue weighted by atomic mass is 10.1. The van der Waals surface area contributed by atoms with Gasteiger partial charge in [0.25, 0.3) is 0 Å². The minimum atomic E-state index is -0.455. The highest BCUT2D eigenvalue weighted by molar-refractivity contribution is 5.82. The average molecular weight is 168 g/mol. The van der Waals surface area contributed by atoms with E-state index in [0.29, 0.717) is 13.0 Å². The number of amides is 1. The van der Waals surface area contributed by atoms with Crippen molar-refractivity contribution in [2.24, 2.45) is 5.11 Å². The van der Waals surface area contributed by atoms with E-state index in [4.69, 9.17) is 5.53 Å². The molecule has 0 spiro atoms. The van der Waals surface area contributed by atoms with Crippen LogP contribution in [0.1, 0.15) is 19.8 Å². The molecule has 1 aliphatic heterocycles. The third-order valence-corrected chi connectivity index (χ3v) is 2.08. The van der Waals surface area contributed by atoms with Gasteiger partial charge in [-0.25, -0.2) is 0 Å². The molecule has 0 N–H and O–H groups in total. The molecule has 1 saturated heterocycles. The van der Waals surface area contributed by atoms with Crippen molar-refractivity contribution in [3.05, 3.63) is 10.4 Å². The molecular formula is C7H12N4O. The van der Waals surface area contributed by atoms with Gasteiger partial charge in [-0.2, -0.15) is 0 Å². The third kappa shape index (κ3) is 1.68. The lowest BCUT2D eigenvalue weighted by Gasteiger charge is -2.28. The second kappa shape index (κ2) is 3.97. The molecule has 0 bridgehead atoms. The van der Waals surface area contributed by atoms with E-state index in [-0.39, 0.29) is 5.91 Å². The van der Waals surface area contributed by atoms with Crippen LogP contribution in [0.15, 0.2) is 5.11 Å². The van der Waals surface area contributed by atoms with Gasteiger partial charge in [-0.05, 0) is 25.3 Å². The first kappa shape index (κ1) is 8.87. The maximum absolute atomic E-state index is 11.4. The Morgan fingerprint density at radius 2 is 2.58 bits per heavy atom. The molecule has 0 aliphatic carbocycles. The lowest BCUT2D eigenvalue weighted by Crippen LogP contribution is -2.42. The number of likely N-dealkylation sites (tertiary alicyclic amines) is 1. The SMILES string of the molecule is CCN1CCCC(N=[N+]=[N-])C1=O. The topological polar surface area (TPSA) is 69.1 Å². The largest absolute Gasteiger partial charge is 0.343 e. The minimum Gasteiger partial charge on any atom is -0.343 e. The highest BCUT2D eigenvalue weighted by Crippen LogP contribution is 2.14. The lowest BCUT2D eigenvalue weighted by molar-refractivity contribution is -0.134. The van der Waals surface area contributed by atoms with Crippen LogP contribution in [0.2, 0.25) is 0 Å². The summed E-state index contributed by atoms with van der Waals surface area (Å²) in [5.41, 5.74) is 8.18. The second-order valence-corrected chi connectivity index (χ2v) is 2.78. The van der Waals surface area contributed by atoms with Crippen LogP contribution < -0.4 is 0 Å². The molecule has 0 aromatic carbocycles. The number of likely N-dealkylation sites (N-methyl/N-ethyl adjacent to an activating group) is 1. The van der Waals surface area contributed by atoms with Crippen molar-refractivity contribution in [1.82, 2.24) is 4.90 Å². The van der Waals surface area contributed by atoms with Gasteiger partial charge in [0.2, 0.25) is 5.91 Å². The number of hydrogen-bond donors (Lipinski definition) is 0. The van der Waals surface area contributed by atoms with Crippen molar-refractivity contribution in [3.63, 3.8) is 0 Å². The maximum atomic E-state index is 11.4. The molecule has 1 aliphatic rings. The summed E-state index contributed by atoms with van der Waals surface area (Å²) in [5, 5.41) is 3.45. The summed E-state index contributed by atoms with van der Waals surface area (Å²) in [6.45, 7) is 3.43. The molecule has 1 rings (SSSR count). The molecule has 1 heterocycles. The zero-order chi connectivity index (χ0) is 8.97. The summed E-state index contributed by atoms with van der Waals surface area (Å²) < 4.78 is 0. The highest BCUT2D eigenvalue weighted by Gasteiger charge is 2.26. The van der Waals surface area contributed by atoms with Crippen molar-refractivity contribution in [3.8, 4) is 0 Å². The zero-order valence-corrected chi connectivity index (χ0v) is 7.10. The zero-order valence-electron chi connectivity index (χ0n) is 7.10. The van der Waals surface area contributed by atoms with Gasteiger partial charge in [0, 0.05) is 18.0 Å². The van der Waals surface area contributed by atoms with Crippen LogP contribution >= 0.6 is 0 Å². The molecule has 1 fully saturated rings. The Hall–Kier alpha value is -1.22. The molecule has 0 radical (unpaired) electrons. The Kier molecular flexibility index (Phi) is 2.94. The Morgan fingerprint density at radius 1 is 1.83 bits per heavy atom. The number of rotatable bonds is 2. The van der Waals surface area contributed by atoms with Crippen molar-refractivity contribution in [2.75, 3.05) is 13.1 Å². The molecule has 0 aromatic rings. The molecule has 66 valence electrons. The van der Waals surface area contributed by atoms with Crippen molar-refractivity contribution >= 4 is 5.91 Å². The first-order valence-electron chi connectivity index (χ1n) is 4.12. The van der Waals surface area contributed by atoms with E-state index >= 15 is 0 Å². The van der Waals surface area contributed by atoms with E-state index in [1.807, 2.05) is 6.92 Å². The first-order valence-corrected chi connectivity index (χ1v) is 4.12. The Bertz CT molecular complexity index is 221. The molecule has 12 heavy (non-hydrogen) atoms. The van der Waals surface area contributed by atoms with Crippen LogP contribution in [-0.2, 0) is 4.79 Å². The van der Waals surface area contributed by atoms with Crippen LogP contribution in [0.5, 0.6) is 0 Å². The summed E-state index contributed by atoms with van der Waals surface area (Å²) in [5.74, 6) is -0.0263. The van der Waals surface area contributed by atoms with Gasteiger partial charge >= 0.3 is 0 Å². The quantitative estimate of drug-likeness (QED) is 0.348. The number of azide groups is 1. The summed E-state index contributed by atoms with van der Waals surface area (Å²) in [6, 6.07) is -0.455. The normalized spacial score (nSPS) is 23.6. The monoisotopic (exact) mass is 168 g/mol. The highest BCUT2D eigenvalue weighted by atomic mass is 16.2. The molecule has 1 atom stereocenters. The van der Waals surface area contributed by atoms with E-state index in [1.54, 1.807) is 4.90 Å². The summed E-state index contributed by atoms with van der Waals surface area (Å²) in [7, 11) is 0. The van der Waals surface area contributed by atoms with Gasteiger partial charge in [-0.15, -0.1) is 0 Å². The third-order valence-electron chi connectivity index (χ3n) is 2.08.